The number of aromatic nitrogens is 3. The molecule has 0 radical (unpaired) electrons. The van der Waals surface area contributed by atoms with Crippen molar-refractivity contribution >= 4 is 16.8 Å². The Labute approximate surface area is 97.5 Å². The zero-order valence-electron chi connectivity index (χ0n) is 9.52. The number of hydrogen-bond acceptors (Lipinski definition) is 2. The van der Waals surface area contributed by atoms with E-state index in [2.05, 4.69) is 4.98 Å². The van der Waals surface area contributed by atoms with Crippen LogP contribution in [0.3, 0.4) is 0 Å². The van der Waals surface area contributed by atoms with E-state index in [0.29, 0.717) is 6.54 Å². The molecule has 1 aromatic carbocycles. The Kier molecular flexibility index (Phi) is 2.16. The zero-order valence-corrected chi connectivity index (χ0v) is 9.52. The van der Waals surface area contributed by atoms with Crippen LogP contribution in [0.1, 0.15) is 5.69 Å². The van der Waals surface area contributed by atoms with Crippen molar-refractivity contribution in [2.45, 2.75) is 6.42 Å². The summed E-state index contributed by atoms with van der Waals surface area (Å²) in [6.45, 7) is 0.591. The van der Waals surface area contributed by atoms with Crippen LogP contribution in [0.15, 0.2) is 24.4 Å². The quantitative estimate of drug-likeness (QED) is 0.727. The molecule has 0 fully saturated rings. The Morgan fingerprint density at radius 2 is 2.24 bits per heavy atom. The molecule has 3 rings (SSSR count). The van der Waals surface area contributed by atoms with Crippen molar-refractivity contribution in [2.24, 2.45) is 12.8 Å². The van der Waals surface area contributed by atoms with E-state index < -0.39 is 0 Å². The lowest BCUT2D eigenvalue weighted by Crippen LogP contribution is -2.06. The third kappa shape index (κ3) is 1.43. The van der Waals surface area contributed by atoms with Gasteiger partial charge in [-0.1, -0.05) is 0 Å². The van der Waals surface area contributed by atoms with Gasteiger partial charge in [-0.05, 0) is 18.7 Å². The largest absolute Gasteiger partial charge is 0.330 e. The van der Waals surface area contributed by atoms with Crippen molar-refractivity contribution in [3.05, 3.63) is 35.9 Å². The Balaban J connectivity index is 2.34. The molecule has 4 nitrogen and oxygen atoms in total. The zero-order chi connectivity index (χ0) is 12.0. The summed E-state index contributed by atoms with van der Waals surface area (Å²) in [6, 6.07) is 4.62. The highest BCUT2D eigenvalue weighted by atomic mass is 19.1. The topological polar surface area (TPSA) is 48.2 Å². The molecule has 0 aliphatic rings. The average molecular weight is 232 g/mol. The minimum Gasteiger partial charge on any atom is -0.330 e. The monoisotopic (exact) mass is 232 g/mol. The second-order valence-corrected chi connectivity index (χ2v) is 4.13. The van der Waals surface area contributed by atoms with E-state index in [9.17, 15) is 4.39 Å². The van der Waals surface area contributed by atoms with Gasteiger partial charge in [0.05, 0.1) is 11.0 Å². The predicted octanol–water partition coefficient (Wildman–Crippen LogP) is 1.47. The molecule has 3 aromatic rings. The Bertz CT molecular complexity index is 695. The molecule has 0 spiro atoms. The first-order chi connectivity index (χ1) is 8.20. The number of benzene rings is 1. The van der Waals surface area contributed by atoms with Crippen LogP contribution < -0.4 is 5.73 Å². The first kappa shape index (κ1) is 10.3. The van der Waals surface area contributed by atoms with Crippen molar-refractivity contribution in [1.82, 2.24) is 14.0 Å². The Morgan fingerprint density at radius 3 is 3.00 bits per heavy atom. The summed E-state index contributed by atoms with van der Waals surface area (Å²) in [5.74, 6) is 0.567. The van der Waals surface area contributed by atoms with E-state index in [1.165, 1.54) is 12.1 Å². The second kappa shape index (κ2) is 3.56. The van der Waals surface area contributed by atoms with E-state index in [0.717, 1.165) is 28.9 Å². The molecule has 5 heteroatoms. The summed E-state index contributed by atoms with van der Waals surface area (Å²) in [6.07, 6.45) is 2.76. The minimum atomic E-state index is -0.247. The molecule has 2 N–H and O–H groups in total. The molecule has 0 bridgehead atoms. The number of aryl methyl sites for hydroxylation is 1. The molecular weight excluding hydrogens is 219 g/mol. The minimum absolute atomic E-state index is 0.247. The van der Waals surface area contributed by atoms with Crippen LogP contribution in [0.5, 0.6) is 0 Å². The Morgan fingerprint density at radius 1 is 1.41 bits per heavy atom. The smallest absolute Gasteiger partial charge is 0.214 e. The number of halogens is 1. The van der Waals surface area contributed by atoms with Crippen molar-refractivity contribution in [1.29, 1.82) is 0 Å². The van der Waals surface area contributed by atoms with Crippen molar-refractivity contribution in [3.63, 3.8) is 0 Å². The third-order valence-electron chi connectivity index (χ3n) is 3.04. The van der Waals surface area contributed by atoms with Gasteiger partial charge in [-0.2, -0.15) is 0 Å². The van der Waals surface area contributed by atoms with E-state index in [4.69, 9.17) is 5.73 Å². The summed E-state index contributed by atoms with van der Waals surface area (Å²) in [5, 5.41) is 0. The highest BCUT2D eigenvalue weighted by Gasteiger charge is 2.11. The standard InChI is InChI=1S/C12H13FN4/c1-16-9(4-5-14)7-17-11-6-8(13)2-3-10(11)15-12(16)17/h2-3,6-7H,4-5,14H2,1H3. The lowest BCUT2D eigenvalue weighted by atomic mass is 10.3. The number of hydrogen-bond donors (Lipinski definition) is 1. The molecule has 0 aliphatic heterocycles. The maximum atomic E-state index is 13.2. The van der Waals surface area contributed by atoms with Crippen LogP contribution in [0.4, 0.5) is 4.39 Å². The van der Waals surface area contributed by atoms with Gasteiger partial charge >= 0.3 is 0 Å². The van der Waals surface area contributed by atoms with Gasteiger partial charge in [0.15, 0.2) is 0 Å². The summed E-state index contributed by atoms with van der Waals surface area (Å²) in [5.41, 5.74) is 8.24. The summed E-state index contributed by atoms with van der Waals surface area (Å²) >= 11 is 0. The number of fused-ring (bicyclic) bond motifs is 3. The molecular formula is C12H13FN4. The molecule has 17 heavy (non-hydrogen) atoms. The van der Waals surface area contributed by atoms with Crippen LogP contribution in [0.25, 0.3) is 16.8 Å². The van der Waals surface area contributed by atoms with Gasteiger partial charge in [-0.3, -0.25) is 4.40 Å². The van der Waals surface area contributed by atoms with Gasteiger partial charge in [0.1, 0.15) is 5.82 Å². The number of nitrogens with two attached hydrogens (primary N) is 1. The van der Waals surface area contributed by atoms with Gasteiger partial charge in [-0.25, -0.2) is 9.37 Å². The first-order valence-electron chi connectivity index (χ1n) is 5.52. The predicted molar refractivity (Wildman–Crippen MR) is 64.4 cm³/mol. The summed E-state index contributed by atoms with van der Waals surface area (Å²) in [7, 11) is 1.95. The fourth-order valence-electron chi connectivity index (χ4n) is 2.16. The maximum absolute atomic E-state index is 13.2. The highest BCUT2D eigenvalue weighted by molar-refractivity contribution is 5.79. The van der Waals surface area contributed by atoms with Crippen LogP contribution in [0, 0.1) is 5.82 Å². The molecule has 0 saturated heterocycles. The summed E-state index contributed by atoms with van der Waals surface area (Å²) in [4.78, 5) is 4.48. The third-order valence-corrected chi connectivity index (χ3v) is 3.04. The van der Waals surface area contributed by atoms with E-state index in [1.807, 2.05) is 22.2 Å². The molecule has 0 saturated carbocycles. The first-order valence-corrected chi connectivity index (χ1v) is 5.52. The fraction of sp³-hybridized carbons (Fsp3) is 0.250. The summed E-state index contributed by atoms with van der Waals surface area (Å²) < 4.78 is 17.1. The highest BCUT2D eigenvalue weighted by Crippen LogP contribution is 2.19. The normalized spacial score (nSPS) is 11.7. The molecule has 0 amide bonds. The van der Waals surface area contributed by atoms with Crippen LogP contribution in [-0.4, -0.2) is 20.5 Å². The molecule has 0 aliphatic carbocycles. The van der Waals surface area contributed by atoms with Crippen LogP contribution in [0.2, 0.25) is 0 Å². The molecule has 88 valence electrons. The number of imidazole rings is 2. The van der Waals surface area contributed by atoms with E-state index in [1.54, 1.807) is 6.07 Å². The number of nitrogens with zero attached hydrogens (tertiary/aromatic N) is 3. The number of rotatable bonds is 2. The fourth-order valence-corrected chi connectivity index (χ4v) is 2.16. The molecule has 0 atom stereocenters. The van der Waals surface area contributed by atoms with Gasteiger partial charge < -0.3 is 10.3 Å². The van der Waals surface area contributed by atoms with E-state index >= 15 is 0 Å². The van der Waals surface area contributed by atoms with Gasteiger partial charge in [0.25, 0.3) is 0 Å². The molecule has 0 unspecified atom stereocenters. The van der Waals surface area contributed by atoms with Gasteiger partial charge in [0, 0.05) is 31.4 Å². The maximum Gasteiger partial charge on any atom is 0.214 e. The van der Waals surface area contributed by atoms with Crippen LogP contribution >= 0.6 is 0 Å². The Hall–Kier alpha value is -1.88. The SMILES string of the molecule is Cn1c(CCN)cn2c3cc(F)ccc3nc12. The molecule has 2 heterocycles. The van der Waals surface area contributed by atoms with Gasteiger partial charge in [0.2, 0.25) is 5.78 Å². The van der Waals surface area contributed by atoms with Crippen LogP contribution in [-0.2, 0) is 13.5 Å². The lowest BCUT2D eigenvalue weighted by molar-refractivity contribution is 0.629. The lowest BCUT2D eigenvalue weighted by Gasteiger charge is -1.98. The van der Waals surface area contributed by atoms with Crippen molar-refractivity contribution < 1.29 is 4.39 Å². The van der Waals surface area contributed by atoms with Crippen molar-refractivity contribution in [3.8, 4) is 0 Å². The van der Waals surface area contributed by atoms with Gasteiger partial charge in [-0.15, -0.1) is 0 Å². The van der Waals surface area contributed by atoms with E-state index in [-0.39, 0.29) is 5.82 Å². The average Bonchev–Trinajstić information content (AvgIpc) is 2.79. The van der Waals surface area contributed by atoms with Crippen molar-refractivity contribution in [2.75, 3.05) is 6.54 Å². The molecule has 2 aromatic heterocycles. The second-order valence-electron chi connectivity index (χ2n) is 4.13.